The molecule has 5 heteroatoms. The summed E-state index contributed by atoms with van der Waals surface area (Å²) in [6.45, 7) is 2.48. The molecule has 1 unspecified atom stereocenters. The third-order valence-corrected chi connectivity index (χ3v) is 1.16. The predicted octanol–water partition coefficient (Wildman–Crippen LogP) is 1.90. The Morgan fingerprint density at radius 1 is 1.33 bits per heavy atom. The average molecular weight is 185 g/mol. The summed E-state index contributed by atoms with van der Waals surface area (Å²) in [5.74, 6) is 0.244. The second kappa shape index (κ2) is 4.67. The van der Waals surface area contributed by atoms with Gasteiger partial charge in [0.1, 0.15) is 12.8 Å². The number of ether oxygens (including phenoxy) is 1. The van der Waals surface area contributed by atoms with Crippen LogP contribution in [0, 0.1) is 5.92 Å². The Balaban J connectivity index is 3.51. The number of hydrogen-bond donors (Lipinski definition) is 1. The number of hydrogen-bond acceptors (Lipinski definition) is 2. The first kappa shape index (κ1) is 11.7. The molecule has 0 rings (SSSR count). The van der Waals surface area contributed by atoms with Crippen molar-refractivity contribution in [3.63, 3.8) is 0 Å². The maximum atomic E-state index is 11.6. The fourth-order valence-electron chi connectivity index (χ4n) is 0.734. The maximum Gasteiger partial charge on any atom is 0.411 e. The zero-order valence-corrected chi connectivity index (χ0v) is 7.19. The van der Waals surface area contributed by atoms with Gasteiger partial charge in [-0.2, -0.15) is 13.2 Å². The minimum Gasteiger partial charge on any atom is -0.354 e. The van der Waals surface area contributed by atoms with Crippen LogP contribution in [-0.2, 0) is 4.74 Å². The average Bonchev–Trinajstić information content (AvgIpc) is 1.80. The molecule has 0 aromatic heterocycles. The van der Waals surface area contributed by atoms with Crippen LogP contribution in [0.3, 0.4) is 0 Å². The van der Waals surface area contributed by atoms with Gasteiger partial charge in [-0.3, -0.25) is 0 Å². The van der Waals surface area contributed by atoms with Gasteiger partial charge in [-0.1, -0.05) is 13.8 Å². The highest BCUT2D eigenvalue weighted by molar-refractivity contribution is 4.54. The second-order valence-electron chi connectivity index (χ2n) is 3.09. The molecule has 1 atom stereocenters. The Morgan fingerprint density at radius 3 is 2.17 bits per heavy atom. The van der Waals surface area contributed by atoms with Crippen molar-refractivity contribution in [1.82, 2.24) is 0 Å². The van der Waals surface area contributed by atoms with E-state index in [4.69, 9.17) is 5.73 Å². The van der Waals surface area contributed by atoms with Gasteiger partial charge in [0.2, 0.25) is 0 Å². The fourth-order valence-corrected chi connectivity index (χ4v) is 0.734. The lowest BCUT2D eigenvalue weighted by molar-refractivity contribution is -0.186. The first-order chi connectivity index (χ1) is 5.31. The van der Waals surface area contributed by atoms with Crippen molar-refractivity contribution in [2.24, 2.45) is 11.7 Å². The van der Waals surface area contributed by atoms with Crippen molar-refractivity contribution in [2.45, 2.75) is 32.7 Å². The molecule has 2 N–H and O–H groups in total. The SMILES string of the molecule is CC(C)CC(N)OCC(F)(F)F. The molecule has 0 radical (unpaired) electrons. The van der Waals surface area contributed by atoms with Gasteiger partial charge in [0.05, 0.1) is 0 Å². The molecule has 12 heavy (non-hydrogen) atoms. The molecule has 74 valence electrons. The summed E-state index contributed by atoms with van der Waals surface area (Å²) >= 11 is 0. The number of halogens is 3. The van der Waals surface area contributed by atoms with E-state index in [1.807, 2.05) is 13.8 Å². The fraction of sp³-hybridized carbons (Fsp3) is 1.00. The maximum absolute atomic E-state index is 11.6. The van der Waals surface area contributed by atoms with Crippen LogP contribution < -0.4 is 5.73 Å². The number of nitrogens with two attached hydrogens (primary N) is 1. The molecule has 0 aliphatic rings. The van der Waals surface area contributed by atoms with Crippen molar-refractivity contribution in [3.05, 3.63) is 0 Å². The van der Waals surface area contributed by atoms with Gasteiger partial charge >= 0.3 is 6.18 Å². The lowest BCUT2D eigenvalue weighted by Crippen LogP contribution is -2.30. The molecule has 0 amide bonds. The van der Waals surface area contributed by atoms with Crippen LogP contribution in [0.2, 0.25) is 0 Å². The Morgan fingerprint density at radius 2 is 1.83 bits per heavy atom. The minimum absolute atomic E-state index is 0.244. The van der Waals surface area contributed by atoms with E-state index >= 15 is 0 Å². The lowest BCUT2D eigenvalue weighted by Gasteiger charge is -2.15. The van der Waals surface area contributed by atoms with Gasteiger partial charge in [-0.15, -0.1) is 0 Å². The quantitative estimate of drug-likeness (QED) is 0.679. The summed E-state index contributed by atoms with van der Waals surface area (Å²) in [5.41, 5.74) is 5.26. The van der Waals surface area contributed by atoms with Gasteiger partial charge in [-0.05, 0) is 12.3 Å². The van der Waals surface area contributed by atoms with E-state index in [1.54, 1.807) is 0 Å². The summed E-state index contributed by atoms with van der Waals surface area (Å²) in [6, 6.07) is 0. The Labute approximate surface area is 69.9 Å². The lowest BCUT2D eigenvalue weighted by atomic mass is 10.1. The monoisotopic (exact) mass is 185 g/mol. The zero-order valence-electron chi connectivity index (χ0n) is 7.19. The first-order valence-electron chi connectivity index (χ1n) is 3.75. The van der Waals surface area contributed by atoms with Crippen LogP contribution in [0.4, 0.5) is 13.2 Å². The predicted molar refractivity (Wildman–Crippen MR) is 39.4 cm³/mol. The molecule has 0 saturated heterocycles. The van der Waals surface area contributed by atoms with Crippen LogP contribution in [0.15, 0.2) is 0 Å². The summed E-state index contributed by atoms with van der Waals surface area (Å²) in [7, 11) is 0. The number of alkyl halides is 3. The Hall–Kier alpha value is -0.290. The molecule has 0 bridgehead atoms. The topological polar surface area (TPSA) is 35.2 Å². The summed E-state index contributed by atoms with van der Waals surface area (Å²) in [6.07, 6.45) is -4.66. The van der Waals surface area contributed by atoms with Crippen molar-refractivity contribution in [1.29, 1.82) is 0 Å². The zero-order chi connectivity index (χ0) is 9.78. The smallest absolute Gasteiger partial charge is 0.354 e. The highest BCUT2D eigenvalue weighted by Gasteiger charge is 2.28. The Kier molecular flexibility index (Phi) is 4.55. The Bertz CT molecular complexity index is 124. The molecule has 0 fully saturated rings. The van der Waals surface area contributed by atoms with Crippen molar-refractivity contribution in [3.8, 4) is 0 Å². The van der Waals surface area contributed by atoms with E-state index in [0.717, 1.165) is 0 Å². The highest BCUT2D eigenvalue weighted by atomic mass is 19.4. The molecule has 0 spiro atoms. The number of rotatable bonds is 4. The van der Waals surface area contributed by atoms with Crippen molar-refractivity contribution in [2.75, 3.05) is 6.61 Å². The second-order valence-corrected chi connectivity index (χ2v) is 3.09. The van der Waals surface area contributed by atoms with Gasteiger partial charge in [0.25, 0.3) is 0 Å². The van der Waals surface area contributed by atoms with E-state index < -0.39 is 19.0 Å². The molecule has 0 saturated carbocycles. The molecule has 2 nitrogen and oxygen atoms in total. The molecule has 0 aromatic rings. The van der Waals surface area contributed by atoms with Crippen LogP contribution in [-0.4, -0.2) is 19.0 Å². The molecular formula is C7H14F3NO. The van der Waals surface area contributed by atoms with Crippen LogP contribution in [0.1, 0.15) is 20.3 Å². The van der Waals surface area contributed by atoms with E-state index in [2.05, 4.69) is 4.74 Å². The van der Waals surface area contributed by atoms with Gasteiger partial charge < -0.3 is 10.5 Å². The molecule has 0 aliphatic heterocycles. The van der Waals surface area contributed by atoms with Crippen molar-refractivity contribution >= 4 is 0 Å². The van der Waals surface area contributed by atoms with E-state index in [-0.39, 0.29) is 5.92 Å². The van der Waals surface area contributed by atoms with Gasteiger partial charge in [0, 0.05) is 0 Å². The third kappa shape index (κ3) is 7.81. The first-order valence-corrected chi connectivity index (χ1v) is 3.75. The van der Waals surface area contributed by atoms with Crippen LogP contribution in [0.5, 0.6) is 0 Å². The van der Waals surface area contributed by atoms with Gasteiger partial charge in [-0.25, -0.2) is 0 Å². The molecular weight excluding hydrogens is 171 g/mol. The molecule has 0 aliphatic carbocycles. The largest absolute Gasteiger partial charge is 0.411 e. The highest BCUT2D eigenvalue weighted by Crippen LogP contribution is 2.16. The normalized spacial score (nSPS) is 15.2. The summed E-state index contributed by atoms with van der Waals surface area (Å²) in [4.78, 5) is 0. The summed E-state index contributed by atoms with van der Waals surface area (Å²) < 4.78 is 39.1. The molecule has 0 aromatic carbocycles. The minimum atomic E-state index is -4.28. The molecule has 0 heterocycles. The van der Waals surface area contributed by atoms with Crippen molar-refractivity contribution < 1.29 is 17.9 Å². The van der Waals surface area contributed by atoms with Crippen LogP contribution in [0.25, 0.3) is 0 Å². The van der Waals surface area contributed by atoms with E-state index in [1.165, 1.54) is 0 Å². The third-order valence-electron chi connectivity index (χ3n) is 1.16. The van der Waals surface area contributed by atoms with E-state index in [0.29, 0.717) is 6.42 Å². The van der Waals surface area contributed by atoms with Gasteiger partial charge in [0.15, 0.2) is 0 Å². The van der Waals surface area contributed by atoms with Crippen LogP contribution >= 0.6 is 0 Å². The van der Waals surface area contributed by atoms with E-state index in [9.17, 15) is 13.2 Å². The standard InChI is InChI=1S/C7H14F3NO/c1-5(2)3-6(11)12-4-7(8,9)10/h5-6H,3-4,11H2,1-2H3. The summed E-state index contributed by atoms with van der Waals surface area (Å²) in [5, 5.41) is 0.